The second-order valence-electron chi connectivity index (χ2n) is 8.40. The standard InChI is InChI=1S/C24H35NO4/c1-6-9-19(26)23-18(15-24(4,5)16-20(23)27)25-13-12-17-10-11-21(28-7-2)22(14-17)29-8-3/h10-11,14,23H,6-9,12-13,15-16H2,1-5H3/t23-/m1/s1. The van der Waals surface area contributed by atoms with Gasteiger partial charge in [0.15, 0.2) is 11.5 Å². The van der Waals surface area contributed by atoms with Gasteiger partial charge in [0.05, 0.1) is 13.2 Å². The van der Waals surface area contributed by atoms with Gasteiger partial charge in [-0.25, -0.2) is 0 Å². The Kier molecular flexibility index (Phi) is 8.42. The number of benzene rings is 1. The van der Waals surface area contributed by atoms with Crippen molar-refractivity contribution in [2.45, 2.75) is 66.7 Å². The molecule has 1 aliphatic rings. The van der Waals surface area contributed by atoms with Crippen LogP contribution in [0.1, 0.15) is 65.9 Å². The van der Waals surface area contributed by atoms with Crippen molar-refractivity contribution in [3.63, 3.8) is 0 Å². The summed E-state index contributed by atoms with van der Waals surface area (Å²) < 4.78 is 11.3. The van der Waals surface area contributed by atoms with Gasteiger partial charge < -0.3 is 9.47 Å². The topological polar surface area (TPSA) is 65.0 Å². The molecule has 1 fully saturated rings. The smallest absolute Gasteiger partial charge is 0.161 e. The van der Waals surface area contributed by atoms with E-state index in [4.69, 9.17) is 14.5 Å². The minimum atomic E-state index is -0.637. The first-order valence-electron chi connectivity index (χ1n) is 10.8. The quantitative estimate of drug-likeness (QED) is 0.526. The summed E-state index contributed by atoms with van der Waals surface area (Å²) in [6.07, 6.45) is 3.06. The predicted molar refractivity (Wildman–Crippen MR) is 116 cm³/mol. The van der Waals surface area contributed by atoms with Crippen molar-refractivity contribution >= 4 is 17.3 Å². The first-order valence-corrected chi connectivity index (χ1v) is 10.8. The highest BCUT2D eigenvalue weighted by atomic mass is 16.5. The fourth-order valence-corrected chi connectivity index (χ4v) is 3.90. The molecule has 0 bridgehead atoms. The number of hydrogen-bond acceptors (Lipinski definition) is 5. The minimum absolute atomic E-state index is 0.0199. The average molecular weight is 402 g/mol. The molecule has 0 amide bonds. The Morgan fingerprint density at radius 1 is 1.10 bits per heavy atom. The molecule has 1 saturated carbocycles. The zero-order valence-electron chi connectivity index (χ0n) is 18.5. The van der Waals surface area contributed by atoms with Gasteiger partial charge in [-0.3, -0.25) is 14.6 Å². The van der Waals surface area contributed by atoms with Gasteiger partial charge in [0.25, 0.3) is 0 Å². The van der Waals surface area contributed by atoms with Crippen molar-refractivity contribution in [3.8, 4) is 11.5 Å². The number of hydrogen-bond donors (Lipinski definition) is 0. The van der Waals surface area contributed by atoms with Gasteiger partial charge in [-0.15, -0.1) is 0 Å². The van der Waals surface area contributed by atoms with E-state index in [0.29, 0.717) is 39.0 Å². The van der Waals surface area contributed by atoms with Gasteiger partial charge in [0.2, 0.25) is 0 Å². The van der Waals surface area contributed by atoms with Gasteiger partial charge in [0.1, 0.15) is 17.5 Å². The Bertz CT molecular complexity index is 751. The summed E-state index contributed by atoms with van der Waals surface area (Å²) in [6.45, 7) is 11.7. The van der Waals surface area contributed by atoms with Gasteiger partial charge in [-0.2, -0.15) is 0 Å². The van der Waals surface area contributed by atoms with E-state index in [1.54, 1.807) is 0 Å². The Morgan fingerprint density at radius 3 is 2.45 bits per heavy atom. The monoisotopic (exact) mass is 401 g/mol. The van der Waals surface area contributed by atoms with Gasteiger partial charge >= 0.3 is 0 Å². The summed E-state index contributed by atoms with van der Waals surface area (Å²) in [6, 6.07) is 5.94. The Labute approximate surface area is 174 Å². The highest BCUT2D eigenvalue weighted by molar-refractivity contribution is 6.22. The summed E-state index contributed by atoms with van der Waals surface area (Å²) in [5, 5.41) is 0. The molecule has 0 saturated heterocycles. The van der Waals surface area contributed by atoms with Crippen LogP contribution in [0.3, 0.4) is 0 Å². The molecule has 1 aromatic rings. The number of aliphatic imine (C=N–C) groups is 1. The summed E-state index contributed by atoms with van der Waals surface area (Å²) in [5.74, 6) is 0.894. The molecule has 0 aliphatic heterocycles. The fraction of sp³-hybridized carbons (Fsp3) is 0.625. The number of ether oxygens (including phenoxy) is 2. The molecule has 2 rings (SSSR count). The van der Waals surface area contributed by atoms with Crippen molar-refractivity contribution in [1.82, 2.24) is 0 Å². The number of Topliss-reactive ketones (excluding diaryl/α,β-unsaturated/α-hetero) is 2. The van der Waals surface area contributed by atoms with E-state index in [1.165, 1.54) is 0 Å². The van der Waals surface area contributed by atoms with Crippen LogP contribution in [0.4, 0.5) is 0 Å². The van der Waals surface area contributed by atoms with Crippen LogP contribution in [0.15, 0.2) is 23.2 Å². The van der Waals surface area contributed by atoms with E-state index >= 15 is 0 Å². The maximum Gasteiger partial charge on any atom is 0.161 e. The third-order valence-corrected chi connectivity index (χ3v) is 5.11. The summed E-state index contributed by atoms with van der Waals surface area (Å²) in [4.78, 5) is 29.9. The molecule has 0 aromatic heterocycles. The molecular weight excluding hydrogens is 366 g/mol. The average Bonchev–Trinajstić information content (AvgIpc) is 2.63. The van der Waals surface area contributed by atoms with Crippen LogP contribution in [0.25, 0.3) is 0 Å². The van der Waals surface area contributed by atoms with Crippen molar-refractivity contribution in [1.29, 1.82) is 0 Å². The molecule has 5 nitrogen and oxygen atoms in total. The highest BCUT2D eigenvalue weighted by Gasteiger charge is 2.41. The lowest BCUT2D eigenvalue weighted by Crippen LogP contribution is -2.42. The Balaban J connectivity index is 2.16. The Morgan fingerprint density at radius 2 is 1.79 bits per heavy atom. The van der Waals surface area contributed by atoms with Crippen molar-refractivity contribution < 1.29 is 19.1 Å². The molecule has 5 heteroatoms. The van der Waals surface area contributed by atoms with Crippen molar-refractivity contribution in [2.75, 3.05) is 19.8 Å². The summed E-state index contributed by atoms with van der Waals surface area (Å²) in [7, 11) is 0. The molecular formula is C24H35NO4. The second-order valence-corrected chi connectivity index (χ2v) is 8.40. The van der Waals surface area contributed by atoms with Crippen LogP contribution in [-0.4, -0.2) is 37.0 Å². The van der Waals surface area contributed by atoms with Crippen LogP contribution in [0, 0.1) is 11.3 Å². The molecule has 29 heavy (non-hydrogen) atoms. The van der Waals surface area contributed by atoms with E-state index in [-0.39, 0.29) is 17.0 Å². The summed E-state index contributed by atoms with van der Waals surface area (Å²) in [5.41, 5.74) is 1.72. The molecule has 160 valence electrons. The van der Waals surface area contributed by atoms with E-state index in [9.17, 15) is 9.59 Å². The lowest BCUT2D eigenvalue weighted by atomic mass is 9.69. The van der Waals surface area contributed by atoms with Gasteiger partial charge in [-0.1, -0.05) is 26.8 Å². The van der Waals surface area contributed by atoms with Gasteiger partial charge in [0, 0.05) is 25.1 Å². The number of nitrogens with zero attached hydrogens (tertiary/aromatic N) is 1. The lowest BCUT2D eigenvalue weighted by Gasteiger charge is -2.34. The van der Waals surface area contributed by atoms with Crippen molar-refractivity contribution in [2.24, 2.45) is 16.3 Å². The van der Waals surface area contributed by atoms with Crippen molar-refractivity contribution in [3.05, 3.63) is 23.8 Å². The Hall–Kier alpha value is -2.17. The van der Waals surface area contributed by atoms with E-state index in [0.717, 1.165) is 35.6 Å². The van der Waals surface area contributed by atoms with Crippen LogP contribution in [0.5, 0.6) is 11.5 Å². The molecule has 0 unspecified atom stereocenters. The fourth-order valence-electron chi connectivity index (χ4n) is 3.90. The number of ketones is 2. The molecule has 1 aromatic carbocycles. The van der Waals surface area contributed by atoms with Crippen LogP contribution in [0.2, 0.25) is 0 Å². The van der Waals surface area contributed by atoms with Gasteiger partial charge in [-0.05, 0) is 56.2 Å². The molecule has 0 radical (unpaired) electrons. The zero-order chi connectivity index (χ0) is 21.4. The maximum atomic E-state index is 12.7. The van der Waals surface area contributed by atoms with Crippen LogP contribution < -0.4 is 9.47 Å². The second kappa shape index (κ2) is 10.6. The molecule has 0 heterocycles. The maximum absolute atomic E-state index is 12.7. The number of carbonyl (C=O) groups excluding carboxylic acids is 2. The number of carbonyl (C=O) groups is 2. The third-order valence-electron chi connectivity index (χ3n) is 5.11. The minimum Gasteiger partial charge on any atom is -0.490 e. The van der Waals surface area contributed by atoms with Crippen LogP contribution >= 0.6 is 0 Å². The molecule has 0 N–H and O–H groups in total. The first kappa shape index (κ1) is 23.1. The predicted octanol–water partition coefficient (Wildman–Crippen LogP) is 4.84. The van der Waals surface area contributed by atoms with E-state index < -0.39 is 5.92 Å². The SMILES string of the molecule is CCCC(=O)[C@@H]1C(=O)CC(C)(C)CC1=NCCc1ccc(OCC)c(OCC)c1. The highest BCUT2D eigenvalue weighted by Crippen LogP contribution is 2.35. The lowest BCUT2D eigenvalue weighted by molar-refractivity contribution is -0.132. The van der Waals surface area contributed by atoms with E-state index in [1.807, 2.05) is 39.0 Å². The number of rotatable bonds is 10. The molecule has 1 aliphatic carbocycles. The normalized spacial score (nSPS) is 20.0. The summed E-state index contributed by atoms with van der Waals surface area (Å²) >= 11 is 0. The molecule has 0 spiro atoms. The van der Waals surface area contributed by atoms with E-state index in [2.05, 4.69) is 13.8 Å². The first-order chi connectivity index (χ1) is 13.8. The molecule has 1 atom stereocenters. The largest absolute Gasteiger partial charge is 0.490 e. The third kappa shape index (κ3) is 6.41. The van der Waals surface area contributed by atoms with Crippen LogP contribution in [-0.2, 0) is 16.0 Å². The zero-order valence-corrected chi connectivity index (χ0v) is 18.5.